The van der Waals surface area contributed by atoms with Crippen molar-refractivity contribution in [3.05, 3.63) is 17.3 Å². The molecule has 1 aliphatic rings. The summed E-state index contributed by atoms with van der Waals surface area (Å²) in [5.41, 5.74) is 1.05. The van der Waals surface area contributed by atoms with Gasteiger partial charge >= 0.3 is 0 Å². The molecule has 2 heterocycles. The van der Waals surface area contributed by atoms with E-state index in [-0.39, 0.29) is 6.10 Å². The maximum absolute atomic E-state index is 9.67. The molecule has 1 aromatic rings. The van der Waals surface area contributed by atoms with Crippen LogP contribution < -0.4 is 10.2 Å². The number of rotatable bonds is 1. The van der Waals surface area contributed by atoms with E-state index in [1.165, 1.54) is 0 Å². The zero-order valence-electron chi connectivity index (χ0n) is 9.28. The van der Waals surface area contributed by atoms with Crippen LogP contribution in [0.4, 0.5) is 11.5 Å². The van der Waals surface area contributed by atoms with Crippen LogP contribution in [-0.4, -0.2) is 35.8 Å². The standard InChI is InChI=1S/C11H16ClN3O/c1-2-15-6-5-8(16)7-13-11-9(15)3-4-10(12)14-11/h3-4,8,16H,2,5-7H2,1H3,(H,13,14)/t8-/m1/s1. The van der Waals surface area contributed by atoms with E-state index >= 15 is 0 Å². The van der Waals surface area contributed by atoms with Crippen LogP contribution in [0.25, 0.3) is 0 Å². The van der Waals surface area contributed by atoms with E-state index in [0.717, 1.165) is 31.0 Å². The summed E-state index contributed by atoms with van der Waals surface area (Å²) >= 11 is 5.87. The van der Waals surface area contributed by atoms with Gasteiger partial charge in [0.15, 0.2) is 5.82 Å². The van der Waals surface area contributed by atoms with Crippen LogP contribution in [0.5, 0.6) is 0 Å². The topological polar surface area (TPSA) is 48.4 Å². The number of pyridine rings is 1. The summed E-state index contributed by atoms with van der Waals surface area (Å²) < 4.78 is 0. The molecule has 0 amide bonds. The minimum absolute atomic E-state index is 0.331. The van der Waals surface area contributed by atoms with Crippen LogP contribution in [-0.2, 0) is 0 Å². The van der Waals surface area contributed by atoms with Gasteiger partial charge in [-0.25, -0.2) is 4.98 Å². The van der Waals surface area contributed by atoms with Crippen LogP contribution in [0, 0.1) is 0 Å². The molecule has 0 saturated carbocycles. The van der Waals surface area contributed by atoms with Crippen molar-refractivity contribution >= 4 is 23.1 Å². The molecule has 2 rings (SSSR count). The number of anilines is 2. The summed E-state index contributed by atoms with van der Waals surface area (Å²) in [6, 6.07) is 3.77. The maximum Gasteiger partial charge on any atom is 0.151 e. The molecule has 2 N–H and O–H groups in total. The van der Waals surface area contributed by atoms with Gasteiger partial charge in [0.1, 0.15) is 5.15 Å². The van der Waals surface area contributed by atoms with Crippen LogP contribution in [0.1, 0.15) is 13.3 Å². The summed E-state index contributed by atoms with van der Waals surface area (Å²) in [4.78, 5) is 6.44. The summed E-state index contributed by atoms with van der Waals surface area (Å²) in [5.74, 6) is 0.758. The van der Waals surface area contributed by atoms with Crippen LogP contribution in [0.15, 0.2) is 12.1 Å². The SMILES string of the molecule is CCN1CC[C@@H](O)CNc2nc(Cl)ccc21. The second-order valence-electron chi connectivity index (χ2n) is 3.90. The Morgan fingerprint density at radius 2 is 2.44 bits per heavy atom. The highest BCUT2D eigenvalue weighted by Gasteiger charge is 2.17. The molecule has 0 unspecified atom stereocenters. The van der Waals surface area contributed by atoms with Crippen molar-refractivity contribution in [3.63, 3.8) is 0 Å². The average Bonchev–Trinajstić information content (AvgIpc) is 2.26. The van der Waals surface area contributed by atoms with Gasteiger partial charge in [0, 0.05) is 19.6 Å². The summed E-state index contributed by atoms with van der Waals surface area (Å²) in [5, 5.41) is 13.3. The molecule has 5 heteroatoms. The largest absolute Gasteiger partial charge is 0.391 e. The lowest BCUT2D eigenvalue weighted by Crippen LogP contribution is -2.33. The van der Waals surface area contributed by atoms with Gasteiger partial charge in [0.2, 0.25) is 0 Å². The molecule has 0 fully saturated rings. The fraction of sp³-hybridized carbons (Fsp3) is 0.545. The molecule has 1 aromatic heterocycles. The summed E-state index contributed by atoms with van der Waals surface area (Å²) in [7, 11) is 0. The number of aliphatic hydroxyl groups excluding tert-OH is 1. The van der Waals surface area contributed by atoms with Gasteiger partial charge in [-0.05, 0) is 25.5 Å². The van der Waals surface area contributed by atoms with Crippen molar-refractivity contribution in [2.24, 2.45) is 0 Å². The van der Waals surface area contributed by atoms with E-state index < -0.39 is 0 Å². The monoisotopic (exact) mass is 241 g/mol. The fourth-order valence-electron chi connectivity index (χ4n) is 1.88. The zero-order valence-corrected chi connectivity index (χ0v) is 10.0. The molecule has 0 aromatic carbocycles. The van der Waals surface area contributed by atoms with Gasteiger partial charge in [-0.15, -0.1) is 0 Å². The van der Waals surface area contributed by atoms with E-state index in [9.17, 15) is 5.11 Å². The third-order valence-corrected chi connectivity index (χ3v) is 3.01. The van der Waals surface area contributed by atoms with Crippen LogP contribution in [0.3, 0.4) is 0 Å². The highest BCUT2D eigenvalue weighted by Crippen LogP contribution is 2.27. The van der Waals surface area contributed by atoms with E-state index in [2.05, 4.69) is 22.1 Å². The van der Waals surface area contributed by atoms with E-state index in [4.69, 9.17) is 11.6 Å². The number of aromatic nitrogens is 1. The molecule has 0 radical (unpaired) electrons. The van der Waals surface area contributed by atoms with Gasteiger partial charge in [-0.2, -0.15) is 0 Å². The minimum atomic E-state index is -0.331. The number of β-amino-alcohol motifs (C(OH)–C–C–N with tert-alkyl or cyclic N) is 1. The normalized spacial score (nSPS) is 20.7. The van der Waals surface area contributed by atoms with Gasteiger partial charge in [-0.3, -0.25) is 0 Å². The van der Waals surface area contributed by atoms with Gasteiger partial charge in [-0.1, -0.05) is 11.6 Å². The summed E-state index contributed by atoms with van der Waals surface area (Å²) in [6.45, 7) is 4.35. The Bertz CT molecular complexity index is 372. The molecule has 0 bridgehead atoms. The smallest absolute Gasteiger partial charge is 0.151 e. The second-order valence-corrected chi connectivity index (χ2v) is 4.29. The number of hydrogen-bond donors (Lipinski definition) is 2. The molecule has 16 heavy (non-hydrogen) atoms. The first-order chi connectivity index (χ1) is 7.70. The quantitative estimate of drug-likeness (QED) is 0.736. The molecular weight excluding hydrogens is 226 g/mol. The molecule has 4 nitrogen and oxygen atoms in total. The lowest BCUT2D eigenvalue weighted by atomic mass is 10.2. The van der Waals surface area contributed by atoms with Crippen molar-refractivity contribution in [3.8, 4) is 0 Å². The first-order valence-electron chi connectivity index (χ1n) is 5.54. The van der Waals surface area contributed by atoms with E-state index in [1.807, 2.05) is 6.07 Å². The predicted octanol–water partition coefficient (Wildman–Crippen LogP) is 1.74. The van der Waals surface area contributed by atoms with Crippen molar-refractivity contribution in [2.75, 3.05) is 29.9 Å². The third kappa shape index (κ3) is 2.39. The number of nitrogens with one attached hydrogen (secondary N) is 1. The number of halogens is 1. The minimum Gasteiger partial charge on any atom is -0.391 e. The lowest BCUT2D eigenvalue weighted by molar-refractivity contribution is 0.178. The number of nitrogens with zero attached hydrogens (tertiary/aromatic N) is 2. The molecule has 1 aliphatic heterocycles. The number of fused-ring (bicyclic) bond motifs is 1. The molecule has 1 atom stereocenters. The molecule has 88 valence electrons. The Kier molecular flexibility index (Phi) is 3.51. The van der Waals surface area contributed by atoms with Crippen molar-refractivity contribution in [2.45, 2.75) is 19.4 Å². The maximum atomic E-state index is 9.67. The third-order valence-electron chi connectivity index (χ3n) is 2.80. The summed E-state index contributed by atoms with van der Waals surface area (Å²) in [6.07, 6.45) is 0.436. The Labute approximate surface area is 100 Å². The van der Waals surface area contributed by atoms with E-state index in [1.54, 1.807) is 6.07 Å². The van der Waals surface area contributed by atoms with Crippen LogP contribution >= 0.6 is 11.6 Å². The van der Waals surface area contributed by atoms with Gasteiger partial charge in [0.25, 0.3) is 0 Å². The molecule has 0 spiro atoms. The first kappa shape index (κ1) is 11.5. The van der Waals surface area contributed by atoms with Crippen molar-refractivity contribution in [1.29, 1.82) is 0 Å². The predicted molar refractivity (Wildman–Crippen MR) is 66.2 cm³/mol. The van der Waals surface area contributed by atoms with Gasteiger partial charge < -0.3 is 15.3 Å². The Morgan fingerprint density at radius 1 is 1.62 bits per heavy atom. The Balaban J connectivity index is 2.34. The first-order valence-corrected chi connectivity index (χ1v) is 5.92. The number of aliphatic hydroxyl groups is 1. The highest BCUT2D eigenvalue weighted by molar-refractivity contribution is 6.29. The number of hydrogen-bond acceptors (Lipinski definition) is 4. The van der Waals surface area contributed by atoms with Crippen molar-refractivity contribution in [1.82, 2.24) is 4.98 Å². The second kappa shape index (κ2) is 4.89. The highest BCUT2D eigenvalue weighted by atomic mass is 35.5. The van der Waals surface area contributed by atoms with Crippen molar-refractivity contribution < 1.29 is 5.11 Å². The Morgan fingerprint density at radius 3 is 3.19 bits per heavy atom. The fourth-order valence-corrected chi connectivity index (χ4v) is 2.03. The Hall–Kier alpha value is -1.00. The molecule has 0 aliphatic carbocycles. The van der Waals surface area contributed by atoms with Crippen LogP contribution in [0.2, 0.25) is 5.15 Å². The zero-order chi connectivity index (χ0) is 11.5. The average molecular weight is 242 g/mol. The molecule has 0 saturated heterocycles. The van der Waals surface area contributed by atoms with Gasteiger partial charge in [0.05, 0.1) is 11.8 Å². The lowest BCUT2D eigenvalue weighted by Gasteiger charge is -2.29. The molecular formula is C11H16ClN3O. The van der Waals surface area contributed by atoms with E-state index in [0.29, 0.717) is 11.7 Å².